The average molecular weight is 413 g/mol. The molecule has 2 aromatic rings. The first-order valence-electron chi connectivity index (χ1n) is 8.47. The van der Waals surface area contributed by atoms with Crippen LogP contribution in [0.2, 0.25) is 10.0 Å². The van der Waals surface area contributed by atoms with Gasteiger partial charge in [-0.25, -0.2) is 0 Å². The second-order valence-electron chi connectivity index (χ2n) is 5.60. The van der Waals surface area contributed by atoms with Gasteiger partial charge in [0.15, 0.2) is 11.7 Å². The molecule has 7 nitrogen and oxygen atoms in total. The highest BCUT2D eigenvalue weighted by Crippen LogP contribution is 2.23. The van der Waals surface area contributed by atoms with Crippen LogP contribution in [0.25, 0.3) is 0 Å². The number of halogens is 2. The van der Waals surface area contributed by atoms with Crippen LogP contribution in [0.15, 0.2) is 46.0 Å². The number of aliphatic hydroxyl groups is 1. The fourth-order valence-corrected chi connectivity index (χ4v) is 2.79. The van der Waals surface area contributed by atoms with Crippen molar-refractivity contribution in [3.05, 3.63) is 58.0 Å². The second kappa shape index (κ2) is 10.8. The molecule has 2 rings (SSSR count). The number of hydrogen-bond donors (Lipinski definition) is 4. The summed E-state index contributed by atoms with van der Waals surface area (Å²) in [5.74, 6) is 0.507. The molecule has 0 bridgehead atoms. The predicted molar refractivity (Wildman–Crippen MR) is 106 cm³/mol. The van der Waals surface area contributed by atoms with Gasteiger partial charge in [0, 0.05) is 29.7 Å². The van der Waals surface area contributed by atoms with Crippen molar-refractivity contribution in [2.75, 3.05) is 26.2 Å². The maximum atomic E-state index is 11.8. The lowest BCUT2D eigenvalue weighted by molar-refractivity contribution is 0.0926. The number of aliphatic imine (C=N–C) groups is 1. The molecule has 1 atom stereocenters. The van der Waals surface area contributed by atoms with Crippen LogP contribution in [0.4, 0.5) is 0 Å². The van der Waals surface area contributed by atoms with Crippen molar-refractivity contribution in [1.29, 1.82) is 0 Å². The normalized spacial score (nSPS) is 12.5. The highest BCUT2D eigenvalue weighted by molar-refractivity contribution is 6.34. The van der Waals surface area contributed by atoms with Gasteiger partial charge < -0.3 is 25.5 Å². The van der Waals surface area contributed by atoms with E-state index in [0.29, 0.717) is 41.2 Å². The van der Waals surface area contributed by atoms with E-state index in [9.17, 15) is 9.90 Å². The van der Waals surface area contributed by atoms with Crippen LogP contribution in [0.1, 0.15) is 29.1 Å². The molecular formula is C18H22Cl2N4O3. The summed E-state index contributed by atoms with van der Waals surface area (Å²) in [6, 6.07) is 8.15. The maximum absolute atomic E-state index is 11.8. The average Bonchev–Trinajstić information content (AvgIpc) is 3.16. The molecule has 1 amide bonds. The maximum Gasteiger partial charge on any atom is 0.287 e. The van der Waals surface area contributed by atoms with Crippen molar-refractivity contribution < 1.29 is 14.3 Å². The fourth-order valence-electron chi connectivity index (χ4n) is 2.24. The van der Waals surface area contributed by atoms with Crippen LogP contribution in [0, 0.1) is 0 Å². The van der Waals surface area contributed by atoms with Crippen LogP contribution < -0.4 is 16.0 Å². The van der Waals surface area contributed by atoms with Gasteiger partial charge in [0.2, 0.25) is 0 Å². The van der Waals surface area contributed by atoms with Crippen molar-refractivity contribution >= 4 is 35.1 Å². The van der Waals surface area contributed by atoms with Gasteiger partial charge in [0.1, 0.15) is 0 Å². The first kappa shape index (κ1) is 21.1. The van der Waals surface area contributed by atoms with E-state index < -0.39 is 6.10 Å². The lowest BCUT2D eigenvalue weighted by Gasteiger charge is -2.14. The molecule has 1 aromatic carbocycles. The molecule has 9 heteroatoms. The number of nitrogens with zero attached hydrogens (tertiary/aromatic N) is 1. The van der Waals surface area contributed by atoms with Crippen molar-refractivity contribution in [2.24, 2.45) is 4.99 Å². The molecule has 0 fully saturated rings. The summed E-state index contributed by atoms with van der Waals surface area (Å²) >= 11 is 11.9. The molecule has 1 heterocycles. The number of guanidine groups is 1. The largest absolute Gasteiger partial charge is 0.459 e. The van der Waals surface area contributed by atoms with E-state index in [1.54, 1.807) is 30.3 Å². The van der Waals surface area contributed by atoms with E-state index in [4.69, 9.17) is 27.6 Å². The molecule has 146 valence electrons. The molecule has 0 aliphatic rings. The van der Waals surface area contributed by atoms with Gasteiger partial charge in [-0.15, -0.1) is 0 Å². The minimum atomic E-state index is -0.838. The number of carbonyl (C=O) groups is 1. The van der Waals surface area contributed by atoms with Crippen LogP contribution >= 0.6 is 23.2 Å². The number of benzene rings is 1. The van der Waals surface area contributed by atoms with E-state index in [0.717, 1.165) is 0 Å². The zero-order valence-corrected chi connectivity index (χ0v) is 16.3. The van der Waals surface area contributed by atoms with Gasteiger partial charge in [0.25, 0.3) is 5.91 Å². The summed E-state index contributed by atoms with van der Waals surface area (Å²) in [5, 5.41) is 20.1. The lowest BCUT2D eigenvalue weighted by atomic mass is 10.1. The van der Waals surface area contributed by atoms with Gasteiger partial charge in [-0.3, -0.25) is 9.79 Å². The minimum Gasteiger partial charge on any atom is -0.459 e. The number of nitrogens with one attached hydrogen (secondary N) is 3. The van der Waals surface area contributed by atoms with Crippen molar-refractivity contribution in [2.45, 2.75) is 13.0 Å². The van der Waals surface area contributed by atoms with Crippen LogP contribution in [-0.4, -0.2) is 43.2 Å². The van der Waals surface area contributed by atoms with Crippen LogP contribution in [0.3, 0.4) is 0 Å². The Bertz CT molecular complexity index is 746. The number of amides is 1. The predicted octanol–water partition coefficient (Wildman–Crippen LogP) is 2.60. The van der Waals surface area contributed by atoms with E-state index >= 15 is 0 Å². The molecule has 1 unspecified atom stereocenters. The molecule has 4 N–H and O–H groups in total. The summed E-state index contributed by atoms with van der Waals surface area (Å²) in [6.07, 6.45) is 0.608. The zero-order valence-electron chi connectivity index (χ0n) is 14.8. The van der Waals surface area contributed by atoms with Gasteiger partial charge in [0.05, 0.1) is 18.9 Å². The van der Waals surface area contributed by atoms with Crippen molar-refractivity contribution in [3.8, 4) is 0 Å². The Labute approximate surface area is 167 Å². The Morgan fingerprint density at radius 2 is 1.89 bits per heavy atom. The number of rotatable bonds is 8. The quantitative estimate of drug-likeness (QED) is 0.303. The molecule has 0 radical (unpaired) electrons. The first-order chi connectivity index (χ1) is 13.0. The Balaban J connectivity index is 1.83. The third-order valence-corrected chi connectivity index (χ3v) is 3.92. The number of aliphatic hydroxyl groups excluding tert-OH is 1. The SMILES string of the molecule is CCNC(=NCC(O)c1cc(Cl)cc(Cl)c1)NCCNC(=O)c1ccco1. The van der Waals surface area contributed by atoms with Gasteiger partial charge in [-0.05, 0) is 42.8 Å². The Morgan fingerprint density at radius 3 is 2.52 bits per heavy atom. The first-order valence-corrected chi connectivity index (χ1v) is 9.23. The number of furan rings is 1. The molecule has 0 saturated carbocycles. The highest BCUT2D eigenvalue weighted by Gasteiger charge is 2.10. The van der Waals surface area contributed by atoms with Crippen LogP contribution in [-0.2, 0) is 0 Å². The fraction of sp³-hybridized carbons (Fsp3) is 0.333. The van der Waals surface area contributed by atoms with Gasteiger partial charge in [-0.1, -0.05) is 23.2 Å². The Kier molecular flexibility index (Phi) is 8.44. The van der Waals surface area contributed by atoms with Crippen LogP contribution in [0.5, 0.6) is 0 Å². The second-order valence-corrected chi connectivity index (χ2v) is 6.47. The Hall–Kier alpha value is -2.22. The minimum absolute atomic E-state index is 0.130. The summed E-state index contributed by atoms with van der Waals surface area (Å²) in [5.41, 5.74) is 0.595. The number of carbonyl (C=O) groups excluding carboxylic acids is 1. The van der Waals surface area contributed by atoms with E-state index in [1.165, 1.54) is 6.26 Å². The summed E-state index contributed by atoms with van der Waals surface area (Å²) in [4.78, 5) is 16.1. The molecule has 27 heavy (non-hydrogen) atoms. The van der Waals surface area contributed by atoms with E-state index in [-0.39, 0.29) is 18.2 Å². The molecule has 0 aliphatic carbocycles. The molecule has 0 aliphatic heterocycles. The standard InChI is InChI=1S/C18H22Cl2N4O3/c1-2-21-18(23-6-5-22-17(26)16-4-3-7-27-16)24-11-15(25)12-8-13(19)10-14(20)9-12/h3-4,7-10,15,25H,2,5-6,11H2,1H3,(H,22,26)(H2,21,23,24). The molecular weight excluding hydrogens is 391 g/mol. The van der Waals surface area contributed by atoms with E-state index in [2.05, 4.69) is 20.9 Å². The third kappa shape index (κ3) is 7.13. The molecule has 0 saturated heterocycles. The summed E-state index contributed by atoms with van der Waals surface area (Å²) in [6.45, 7) is 3.56. The van der Waals surface area contributed by atoms with Gasteiger partial charge in [-0.2, -0.15) is 0 Å². The molecule has 1 aromatic heterocycles. The van der Waals surface area contributed by atoms with Gasteiger partial charge >= 0.3 is 0 Å². The zero-order chi connectivity index (χ0) is 19.6. The lowest BCUT2D eigenvalue weighted by Crippen LogP contribution is -2.41. The summed E-state index contributed by atoms with van der Waals surface area (Å²) < 4.78 is 5.02. The topological polar surface area (TPSA) is 98.9 Å². The third-order valence-electron chi connectivity index (χ3n) is 3.48. The molecule has 0 spiro atoms. The Morgan fingerprint density at radius 1 is 1.19 bits per heavy atom. The monoisotopic (exact) mass is 412 g/mol. The van der Waals surface area contributed by atoms with Crippen molar-refractivity contribution in [3.63, 3.8) is 0 Å². The van der Waals surface area contributed by atoms with E-state index in [1.807, 2.05) is 6.92 Å². The van der Waals surface area contributed by atoms with Crippen molar-refractivity contribution in [1.82, 2.24) is 16.0 Å². The highest BCUT2D eigenvalue weighted by atomic mass is 35.5. The smallest absolute Gasteiger partial charge is 0.287 e. The summed E-state index contributed by atoms with van der Waals surface area (Å²) in [7, 11) is 0. The number of hydrogen-bond acceptors (Lipinski definition) is 4.